The van der Waals surface area contributed by atoms with Gasteiger partial charge in [-0.25, -0.2) is 4.39 Å². The van der Waals surface area contributed by atoms with Crippen LogP contribution in [0.5, 0.6) is 5.75 Å². The molecule has 5 nitrogen and oxygen atoms in total. The minimum Gasteiger partial charge on any atom is -0.490 e. The Labute approximate surface area is 162 Å². The van der Waals surface area contributed by atoms with E-state index in [0.29, 0.717) is 10.3 Å². The van der Waals surface area contributed by atoms with Gasteiger partial charge in [0.15, 0.2) is 4.77 Å². The zero-order chi connectivity index (χ0) is 19.0. The number of imidazole rings is 1. The number of benzene rings is 2. The van der Waals surface area contributed by atoms with Gasteiger partial charge in [0.2, 0.25) is 0 Å². The maximum atomic E-state index is 13.4. The number of aromatic amines is 1. The van der Waals surface area contributed by atoms with Gasteiger partial charge in [-0.2, -0.15) is 0 Å². The normalized spacial score (nSPS) is 16.0. The number of hydrogen-bond acceptors (Lipinski definition) is 4. The molecule has 140 valence electrons. The third-order valence-corrected chi connectivity index (χ3v) is 5.33. The zero-order valence-corrected chi connectivity index (χ0v) is 15.9. The molecule has 27 heavy (non-hydrogen) atoms. The number of nitrogens with one attached hydrogen (secondary N) is 1. The highest BCUT2D eigenvalue weighted by molar-refractivity contribution is 7.71. The summed E-state index contributed by atoms with van der Waals surface area (Å²) in [7, 11) is -0.403. The third-order valence-electron chi connectivity index (χ3n) is 5.05. The highest BCUT2D eigenvalue weighted by Crippen LogP contribution is 2.24. The van der Waals surface area contributed by atoms with Crippen molar-refractivity contribution in [2.24, 2.45) is 0 Å². The van der Waals surface area contributed by atoms with E-state index in [0.717, 1.165) is 42.9 Å². The number of ether oxygens (including phenoxy) is 1. The first kappa shape index (κ1) is 18.2. The van der Waals surface area contributed by atoms with Crippen LogP contribution in [0.15, 0.2) is 42.5 Å². The van der Waals surface area contributed by atoms with E-state index in [2.05, 4.69) is 4.98 Å². The van der Waals surface area contributed by atoms with Gasteiger partial charge in [0, 0.05) is 5.69 Å². The molecule has 0 saturated carbocycles. The maximum absolute atomic E-state index is 13.4. The quantitative estimate of drug-likeness (QED) is 0.530. The number of fused-ring (bicyclic) bond motifs is 1. The number of nitrogens with zero attached hydrogens (tertiary/aromatic N) is 2. The molecule has 0 unspecified atom stereocenters. The largest absolute Gasteiger partial charge is 0.490 e. The van der Waals surface area contributed by atoms with E-state index in [-0.39, 0.29) is 11.9 Å². The Morgan fingerprint density at radius 3 is 2.56 bits per heavy atom. The summed E-state index contributed by atoms with van der Waals surface area (Å²) >= 11 is 5.40. The second-order valence-electron chi connectivity index (χ2n) is 6.91. The van der Waals surface area contributed by atoms with Crippen molar-refractivity contribution in [2.45, 2.75) is 25.8 Å². The molecule has 0 radical (unpaired) electrons. The van der Waals surface area contributed by atoms with Gasteiger partial charge in [-0.05, 0) is 87.4 Å². The van der Waals surface area contributed by atoms with Crippen LogP contribution < -0.4 is 4.74 Å². The smallest absolute Gasteiger partial charge is 0.376 e. The Bertz CT molecular complexity index is 994. The number of piperidine rings is 1. The molecule has 2 heterocycles. The Balaban J connectivity index is 1.50. The molecule has 1 aromatic heterocycles. The molecule has 4 rings (SSSR count). The summed E-state index contributed by atoms with van der Waals surface area (Å²) in [6, 6.07) is 12.4. The van der Waals surface area contributed by atoms with Crippen LogP contribution in [0.25, 0.3) is 16.7 Å². The fourth-order valence-corrected chi connectivity index (χ4v) is 3.89. The fourth-order valence-electron chi connectivity index (χ4n) is 3.57. The second-order valence-corrected chi connectivity index (χ2v) is 7.29. The van der Waals surface area contributed by atoms with E-state index in [9.17, 15) is 9.41 Å². The molecule has 1 fully saturated rings. The predicted molar refractivity (Wildman–Crippen MR) is 107 cm³/mol. The van der Waals surface area contributed by atoms with E-state index in [4.69, 9.17) is 17.0 Å². The number of halogens is 1. The fraction of sp³-hybridized carbons (Fsp3) is 0.316. The lowest BCUT2D eigenvalue weighted by Gasteiger charge is -2.32. The van der Waals surface area contributed by atoms with Gasteiger partial charge in [-0.1, -0.05) is 0 Å². The molecule has 1 aliphatic heterocycles. The number of aromatic nitrogens is 2. The molecule has 2 N–H and O–H groups in total. The predicted octanol–water partition coefficient (Wildman–Crippen LogP) is 3.78. The number of hydrogen-bond donors (Lipinski definition) is 2. The second kappa shape index (κ2) is 7.46. The third kappa shape index (κ3) is 3.78. The molecule has 0 atom stereocenters. The summed E-state index contributed by atoms with van der Waals surface area (Å²) in [5.41, 5.74) is 2.40. The van der Waals surface area contributed by atoms with Crippen molar-refractivity contribution < 1.29 is 14.2 Å². The van der Waals surface area contributed by atoms with Crippen LogP contribution in [-0.2, 0) is 0 Å². The monoisotopic (exact) mass is 385 g/mol. The Morgan fingerprint density at radius 2 is 1.89 bits per heavy atom. The summed E-state index contributed by atoms with van der Waals surface area (Å²) in [6.45, 7) is 3.47. The first-order valence-electron chi connectivity index (χ1n) is 9.11. The van der Waals surface area contributed by atoms with E-state index < -0.39 is 7.05 Å². The van der Waals surface area contributed by atoms with Crippen molar-refractivity contribution in [3.05, 3.63) is 53.1 Å². The number of rotatable bonds is 4. The summed E-state index contributed by atoms with van der Waals surface area (Å²) < 4.78 is 21.9. The molecule has 0 amide bonds. The van der Waals surface area contributed by atoms with E-state index >= 15 is 0 Å². The van der Waals surface area contributed by atoms with Crippen molar-refractivity contribution in [1.82, 2.24) is 14.4 Å². The average Bonchev–Trinajstić information content (AvgIpc) is 2.97. The highest BCUT2D eigenvalue weighted by atomic mass is 32.1. The van der Waals surface area contributed by atoms with Gasteiger partial charge in [0.05, 0.1) is 11.0 Å². The summed E-state index contributed by atoms with van der Waals surface area (Å²) in [5, 5.41) is 9.64. The van der Waals surface area contributed by atoms with Gasteiger partial charge in [-0.15, -0.1) is 0 Å². The summed E-state index contributed by atoms with van der Waals surface area (Å²) in [4.78, 5) is 5.09. The highest BCUT2D eigenvalue weighted by Gasteiger charge is 2.24. The van der Waals surface area contributed by atoms with Crippen molar-refractivity contribution in [3.8, 4) is 11.4 Å². The maximum Gasteiger partial charge on any atom is 0.376 e. The molecular weight excluding hydrogens is 364 g/mol. The molecule has 8 heteroatoms. The zero-order valence-electron chi connectivity index (χ0n) is 15.1. The number of H-pyrrole nitrogens is 1. The van der Waals surface area contributed by atoms with Crippen molar-refractivity contribution in [3.63, 3.8) is 0 Å². The molecule has 2 aromatic carbocycles. The van der Waals surface area contributed by atoms with Crippen LogP contribution in [0, 0.1) is 10.6 Å². The lowest BCUT2D eigenvalue weighted by molar-refractivity contribution is 0.128. The van der Waals surface area contributed by atoms with Crippen molar-refractivity contribution in [1.29, 1.82) is 0 Å². The van der Waals surface area contributed by atoms with Gasteiger partial charge < -0.3 is 19.6 Å². The average molecular weight is 385 g/mol. The van der Waals surface area contributed by atoms with Crippen molar-refractivity contribution in [2.75, 3.05) is 13.1 Å². The molecule has 0 spiro atoms. The molecule has 0 aliphatic carbocycles. The van der Waals surface area contributed by atoms with Gasteiger partial charge in [0.1, 0.15) is 17.7 Å². The minimum atomic E-state index is -0.403. The Morgan fingerprint density at radius 1 is 1.19 bits per heavy atom. The van der Waals surface area contributed by atoms with Gasteiger partial charge >= 0.3 is 7.05 Å². The van der Waals surface area contributed by atoms with Crippen LogP contribution in [-0.4, -0.2) is 45.6 Å². The van der Waals surface area contributed by atoms with E-state index in [1.165, 1.54) is 12.1 Å². The topological polar surface area (TPSA) is 53.4 Å². The van der Waals surface area contributed by atoms with E-state index in [1.807, 2.05) is 33.6 Å². The van der Waals surface area contributed by atoms with Gasteiger partial charge in [-0.3, -0.25) is 4.57 Å². The summed E-state index contributed by atoms with van der Waals surface area (Å²) in [5.74, 6) is 0.517. The minimum absolute atomic E-state index is 0.157. The first-order chi connectivity index (χ1) is 13.0. The Kier molecular flexibility index (Phi) is 5.03. The lowest BCUT2D eigenvalue weighted by atomic mass is 9.82. The SMILES string of the molecule is CB(O)N1CCC(Oc2ccc(-n3c(=S)[nH]c4cc(F)ccc43)cc2)CC1. The van der Waals surface area contributed by atoms with Crippen molar-refractivity contribution >= 4 is 30.3 Å². The first-order valence-corrected chi connectivity index (χ1v) is 9.51. The molecular formula is C19H21BFN3O2S. The van der Waals surface area contributed by atoms with Gasteiger partial charge in [0.25, 0.3) is 0 Å². The standard InChI is InChI=1S/C19H21BFN3O2S/c1-20(25)23-10-8-16(9-11-23)26-15-5-3-14(4-6-15)24-18-7-2-13(21)12-17(18)22-19(24)27/h2-7,12,16,25H,8-11H2,1H3,(H,22,27). The van der Waals surface area contributed by atoms with Crippen LogP contribution in [0.1, 0.15) is 12.8 Å². The van der Waals surface area contributed by atoms with Crippen LogP contribution in [0.4, 0.5) is 4.39 Å². The van der Waals surface area contributed by atoms with Crippen LogP contribution in [0.3, 0.4) is 0 Å². The molecule has 1 saturated heterocycles. The van der Waals surface area contributed by atoms with Crippen LogP contribution in [0.2, 0.25) is 6.82 Å². The lowest BCUT2D eigenvalue weighted by Crippen LogP contribution is -2.45. The molecule has 1 aliphatic rings. The summed E-state index contributed by atoms with van der Waals surface area (Å²) in [6.07, 6.45) is 1.95. The molecule has 3 aromatic rings. The van der Waals surface area contributed by atoms with Crippen LogP contribution >= 0.6 is 12.2 Å². The Hall–Kier alpha value is -2.16. The van der Waals surface area contributed by atoms with E-state index in [1.54, 1.807) is 12.9 Å². The molecule has 0 bridgehead atoms.